The number of fused-ring (bicyclic) bond motifs is 1. The minimum absolute atomic E-state index is 0.204. The van der Waals surface area contributed by atoms with Gasteiger partial charge in [-0.3, -0.25) is 9.20 Å². The van der Waals surface area contributed by atoms with E-state index in [2.05, 4.69) is 10.2 Å². The van der Waals surface area contributed by atoms with Crippen LogP contribution < -0.4 is 0 Å². The number of aryl methyl sites for hydroxylation is 1. The number of hydrogen-bond donors (Lipinski definition) is 0. The second kappa shape index (κ2) is 8.34. The van der Waals surface area contributed by atoms with Gasteiger partial charge in [-0.15, -0.1) is 21.6 Å². The van der Waals surface area contributed by atoms with E-state index in [-0.39, 0.29) is 6.10 Å². The number of imidazole rings is 1. The van der Waals surface area contributed by atoms with Gasteiger partial charge in [0.15, 0.2) is 6.29 Å². The summed E-state index contributed by atoms with van der Waals surface area (Å²) in [5, 5.41) is 9.58. The number of carbonyl (C=O) groups excluding carboxylic acids is 1. The molecule has 9 heteroatoms. The van der Waals surface area contributed by atoms with Gasteiger partial charge in [0, 0.05) is 23.9 Å². The van der Waals surface area contributed by atoms with Crippen molar-refractivity contribution in [2.45, 2.75) is 38.0 Å². The summed E-state index contributed by atoms with van der Waals surface area (Å²) in [5.41, 5.74) is 3.87. The number of carbonyl (C=O) groups is 1. The third-order valence-electron chi connectivity index (χ3n) is 6.31. The molecule has 0 N–H and O–H groups in total. The number of aldehydes is 1. The van der Waals surface area contributed by atoms with E-state index in [0.717, 1.165) is 63.7 Å². The van der Waals surface area contributed by atoms with Gasteiger partial charge in [-0.1, -0.05) is 30.3 Å². The van der Waals surface area contributed by atoms with Crippen LogP contribution in [0.15, 0.2) is 63.9 Å². The molecule has 1 aromatic carbocycles. The molecule has 2 atom stereocenters. The summed E-state index contributed by atoms with van der Waals surface area (Å²) in [6.07, 6.45) is 6.90. The van der Waals surface area contributed by atoms with Gasteiger partial charge in [0.05, 0.1) is 16.3 Å². The van der Waals surface area contributed by atoms with Crippen molar-refractivity contribution >= 4 is 29.6 Å². The van der Waals surface area contributed by atoms with E-state index in [1.54, 1.807) is 12.3 Å². The van der Waals surface area contributed by atoms with E-state index < -0.39 is 5.66 Å². The number of azo groups is 1. The van der Waals surface area contributed by atoms with Crippen LogP contribution in [-0.4, -0.2) is 39.7 Å². The molecule has 0 spiro atoms. The van der Waals surface area contributed by atoms with Gasteiger partial charge >= 0.3 is 0 Å². The molecule has 170 valence electrons. The fourth-order valence-corrected chi connectivity index (χ4v) is 5.99. The molecule has 2 unspecified atom stereocenters. The lowest BCUT2D eigenvalue weighted by Gasteiger charge is -2.33. The van der Waals surface area contributed by atoms with Crippen molar-refractivity contribution in [3.8, 4) is 22.0 Å². The normalized spacial score (nSPS) is 22.0. The topological polar surface area (TPSA) is 93.6 Å². The highest BCUT2D eigenvalue weighted by Crippen LogP contribution is 2.48. The first-order valence-electron chi connectivity index (χ1n) is 11.3. The lowest BCUT2D eigenvalue weighted by atomic mass is 9.93. The second-order valence-corrected chi connectivity index (χ2v) is 9.46. The van der Waals surface area contributed by atoms with Crippen LogP contribution in [0, 0.1) is 6.92 Å². The summed E-state index contributed by atoms with van der Waals surface area (Å²) in [7, 11) is 0. The van der Waals surface area contributed by atoms with Crippen LogP contribution in [-0.2, 0) is 10.4 Å². The average molecular weight is 471 g/mol. The molecule has 0 amide bonds. The number of aromatic nitrogens is 3. The Labute approximate surface area is 200 Å². The number of ether oxygens (including phenoxy) is 1. The van der Waals surface area contributed by atoms with Crippen LogP contribution in [0.1, 0.15) is 40.2 Å². The Morgan fingerprint density at radius 3 is 2.76 bits per heavy atom. The van der Waals surface area contributed by atoms with Crippen molar-refractivity contribution < 1.29 is 9.53 Å². The quantitative estimate of drug-likeness (QED) is 0.362. The lowest BCUT2D eigenvalue weighted by molar-refractivity contribution is -0.0305. The summed E-state index contributed by atoms with van der Waals surface area (Å²) >= 11 is 1.54. The summed E-state index contributed by atoms with van der Waals surface area (Å²) < 4.78 is 8.12. The zero-order chi connectivity index (χ0) is 23.1. The van der Waals surface area contributed by atoms with Crippen molar-refractivity contribution in [3.05, 3.63) is 64.8 Å². The third-order valence-corrected chi connectivity index (χ3v) is 7.48. The molecule has 0 bridgehead atoms. The maximum absolute atomic E-state index is 11.4. The fraction of sp³-hybridized carbons (Fsp3) is 0.280. The Bertz CT molecular complexity index is 1420. The zero-order valence-electron chi connectivity index (χ0n) is 18.6. The Morgan fingerprint density at radius 2 is 2.03 bits per heavy atom. The van der Waals surface area contributed by atoms with Crippen LogP contribution in [0.25, 0.3) is 27.6 Å². The van der Waals surface area contributed by atoms with Crippen molar-refractivity contribution in [2.24, 2.45) is 15.2 Å². The van der Waals surface area contributed by atoms with Crippen molar-refractivity contribution in [3.63, 3.8) is 0 Å². The first-order valence-corrected chi connectivity index (χ1v) is 12.1. The predicted octanol–water partition coefficient (Wildman–Crippen LogP) is 5.46. The maximum atomic E-state index is 11.4. The molecule has 4 aromatic rings. The largest absolute Gasteiger partial charge is 0.373 e. The van der Waals surface area contributed by atoms with Crippen LogP contribution in [0.2, 0.25) is 0 Å². The SMILES string of the molecule is Cc1nc2ccc(C=O)cn2c1-c1nc(-c2ccccc2)c(C2(C3CCCCO3)N=CN=N2)s1. The van der Waals surface area contributed by atoms with Gasteiger partial charge in [-0.05, 0) is 38.3 Å². The summed E-state index contributed by atoms with van der Waals surface area (Å²) in [4.78, 5) is 26.9. The lowest BCUT2D eigenvalue weighted by Crippen LogP contribution is -2.39. The molecule has 6 rings (SSSR count). The Balaban J connectivity index is 1.60. The molecule has 2 aliphatic rings. The fourth-order valence-electron chi connectivity index (χ4n) is 4.68. The van der Waals surface area contributed by atoms with Crippen LogP contribution in [0.3, 0.4) is 0 Å². The average Bonchev–Trinajstić information content (AvgIpc) is 3.61. The van der Waals surface area contributed by atoms with Crippen LogP contribution >= 0.6 is 11.3 Å². The van der Waals surface area contributed by atoms with E-state index in [9.17, 15) is 4.79 Å². The van der Waals surface area contributed by atoms with Gasteiger partial charge in [-0.25, -0.2) is 15.0 Å². The first-order chi connectivity index (χ1) is 16.7. The van der Waals surface area contributed by atoms with E-state index >= 15 is 0 Å². The van der Waals surface area contributed by atoms with Gasteiger partial charge in [0.2, 0.25) is 5.66 Å². The zero-order valence-corrected chi connectivity index (χ0v) is 19.4. The molecule has 3 aromatic heterocycles. The number of pyridine rings is 1. The Kier molecular flexibility index (Phi) is 5.15. The molecule has 1 fully saturated rings. The van der Waals surface area contributed by atoms with Gasteiger partial charge < -0.3 is 4.74 Å². The monoisotopic (exact) mass is 470 g/mol. The van der Waals surface area contributed by atoms with Crippen molar-refractivity contribution in [1.29, 1.82) is 0 Å². The van der Waals surface area contributed by atoms with Gasteiger partial charge in [-0.2, -0.15) is 0 Å². The minimum Gasteiger partial charge on any atom is -0.373 e. The number of hydrogen-bond acceptors (Lipinski definition) is 8. The molecule has 8 nitrogen and oxygen atoms in total. The summed E-state index contributed by atoms with van der Waals surface area (Å²) in [6, 6.07) is 13.7. The highest BCUT2D eigenvalue weighted by Gasteiger charge is 2.48. The highest BCUT2D eigenvalue weighted by atomic mass is 32.1. The molecule has 1 saturated heterocycles. The number of benzene rings is 1. The summed E-state index contributed by atoms with van der Waals surface area (Å²) in [5.74, 6) is 0. The molecule has 0 aliphatic carbocycles. The minimum atomic E-state index is -0.954. The molecule has 0 radical (unpaired) electrons. The number of nitrogens with zero attached hydrogens (tertiary/aromatic N) is 6. The smallest absolute Gasteiger partial charge is 0.234 e. The Morgan fingerprint density at radius 1 is 1.15 bits per heavy atom. The van der Waals surface area contributed by atoms with Crippen molar-refractivity contribution in [2.75, 3.05) is 6.61 Å². The van der Waals surface area contributed by atoms with Crippen LogP contribution in [0.5, 0.6) is 0 Å². The van der Waals surface area contributed by atoms with Crippen LogP contribution in [0.4, 0.5) is 0 Å². The molecule has 0 saturated carbocycles. The van der Waals surface area contributed by atoms with E-state index in [1.807, 2.05) is 47.7 Å². The van der Waals surface area contributed by atoms with E-state index in [4.69, 9.17) is 19.7 Å². The van der Waals surface area contributed by atoms with E-state index in [0.29, 0.717) is 12.2 Å². The summed E-state index contributed by atoms with van der Waals surface area (Å²) in [6.45, 7) is 2.64. The molecular formula is C25H22N6O2S. The Hall–Kier alpha value is -3.56. The first kappa shape index (κ1) is 21.0. The standard InChI is InChI=1S/C25H22N6O2S/c1-16-22(31-13-17(14-32)10-11-20(31)28-16)24-29-21(18-7-3-2-4-8-18)23(34-24)25(26-15-27-30-25)19-9-5-6-12-33-19/h2-4,7-8,10-11,13-15,19H,5-6,9,12H2,1H3. The number of rotatable bonds is 5. The van der Waals surface area contributed by atoms with Gasteiger partial charge in [0.1, 0.15) is 28.8 Å². The second-order valence-electron chi connectivity index (χ2n) is 8.46. The number of thiazole rings is 1. The van der Waals surface area contributed by atoms with Gasteiger partial charge in [0.25, 0.3) is 0 Å². The molecule has 2 aliphatic heterocycles. The third kappa shape index (κ3) is 3.31. The molecule has 34 heavy (non-hydrogen) atoms. The highest BCUT2D eigenvalue weighted by molar-refractivity contribution is 7.15. The molecule has 5 heterocycles. The molecular weight excluding hydrogens is 448 g/mol. The van der Waals surface area contributed by atoms with Crippen molar-refractivity contribution in [1.82, 2.24) is 14.4 Å². The predicted molar refractivity (Wildman–Crippen MR) is 130 cm³/mol. The van der Waals surface area contributed by atoms with E-state index in [1.165, 1.54) is 17.7 Å². The maximum Gasteiger partial charge on any atom is 0.234 e. The number of aliphatic imine (C=N–C) groups is 1.